The summed E-state index contributed by atoms with van der Waals surface area (Å²) in [4.78, 5) is 0. The van der Waals surface area contributed by atoms with E-state index < -0.39 is 0 Å². The van der Waals surface area contributed by atoms with Gasteiger partial charge in [0.1, 0.15) is 6.04 Å². The topological polar surface area (TPSA) is 16.6 Å². The molecule has 1 fully saturated rings. The minimum absolute atomic E-state index is 0.691. The van der Waals surface area contributed by atoms with E-state index in [0.717, 1.165) is 0 Å². The van der Waals surface area contributed by atoms with Crippen molar-refractivity contribution in [2.24, 2.45) is 0 Å². The van der Waals surface area contributed by atoms with Crippen molar-refractivity contribution in [3.8, 4) is 0 Å². The Hall–Kier alpha value is -1.34. The summed E-state index contributed by atoms with van der Waals surface area (Å²) in [5, 5.41) is 5.28. The van der Waals surface area contributed by atoms with Crippen molar-refractivity contribution in [3.63, 3.8) is 0 Å². The molecule has 76 valence electrons. The summed E-state index contributed by atoms with van der Waals surface area (Å²) in [5.41, 5.74) is 1.52. The highest BCUT2D eigenvalue weighted by Crippen LogP contribution is 2.25. The first-order chi connectivity index (χ1) is 7.45. The maximum absolute atomic E-state index is 2.47. The fourth-order valence-corrected chi connectivity index (χ4v) is 2.63. The summed E-state index contributed by atoms with van der Waals surface area (Å²) < 4.78 is 0. The number of hydrogen-bond donors (Lipinski definition) is 1. The van der Waals surface area contributed by atoms with Crippen LogP contribution in [0, 0.1) is 0 Å². The zero-order valence-electron chi connectivity index (χ0n) is 8.82. The van der Waals surface area contributed by atoms with Gasteiger partial charge in [-0.05, 0) is 10.8 Å². The lowest BCUT2D eigenvalue weighted by atomic mass is 9.98. The van der Waals surface area contributed by atoms with Crippen LogP contribution in [0.25, 0.3) is 10.8 Å². The molecule has 15 heavy (non-hydrogen) atoms. The third-order valence-electron chi connectivity index (χ3n) is 3.39. The Kier molecular flexibility index (Phi) is 2.18. The second-order valence-electron chi connectivity index (χ2n) is 4.34. The zero-order chi connectivity index (χ0) is 10.1. The molecule has 2 aromatic carbocycles. The SMILES string of the molecule is c1ccc2c([C@@H]3CCC[NH2+]3)cccc2c1. The van der Waals surface area contributed by atoms with Gasteiger partial charge in [0.05, 0.1) is 6.54 Å². The Balaban J connectivity index is 2.16. The van der Waals surface area contributed by atoms with Crippen molar-refractivity contribution in [1.29, 1.82) is 0 Å². The van der Waals surface area contributed by atoms with Gasteiger partial charge in [0.15, 0.2) is 0 Å². The average molecular weight is 198 g/mol. The molecule has 1 nitrogen and oxygen atoms in total. The van der Waals surface area contributed by atoms with Crippen LogP contribution in [0.5, 0.6) is 0 Å². The van der Waals surface area contributed by atoms with E-state index >= 15 is 0 Å². The summed E-state index contributed by atoms with van der Waals surface area (Å²) in [7, 11) is 0. The molecule has 1 aliphatic heterocycles. The van der Waals surface area contributed by atoms with Crippen molar-refractivity contribution >= 4 is 10.8 Å². The monoisotopic (exact) mass is 198 g/mol. The number of quaternary nitrogens is 1. The zero-order valence-corrected chi connectivity index (χ0v) is 8.82. The standard InChI is InChI=1S/C14H15N/c1-2-7-12-11(5-1)6-3-8-13(12)14-9-4-10-15-14/h1-3,5-8,14-15H,4,9-10H2/p+1/t14-/m0/s1. The van der Waals surface area contributed by atoms with Gasteiger partial charge in [-0.2, -0.15) is 0 Å². The van der Waals surface area contributed by atoms with Crippen molar-refractivity contribution in [3.05, 3.63) is 48.0 Å². The lowest BCUT2D eigenvalue weighted by Crippen LogP contribution is -2.81. The van der Waals surface area contributed by atoms with Crippen LogP contribution in [-0.4, -0.2) is 6.54 Å². The first-order valence-electron chi connectivity index (χ1n) is 5.76. The highest BCUT2D eigenvalue weighted by Gasteiger charge is 2.21. The molecule has 0 bridgehead atoms. The first-order valence-corrected chi connectivity index (χ1v) is 5.76. The maximum Gasteiger partial charge on any atom is 0.112 e. The van der Waals surface area contributed by atoms with Gasteiger partial charge in [-0.15, -0.1) is 0 Å². The molecule has 0 saturated carbocycles. The van der Waals surface area contributed by atoms with E-state index in [1.54, 1.807) is 0 Å². The van der Waals surface area contributed by atoms with Crippen LogP contribution in [0.2, 0.25) is 0 Å². The Morgan fingerprint density at radius 2 is 1.87 bits per heavy atom. The van der Waals surface area contributed by atoms with Crippen LogP contribution < -0.4 is 5.32 Å². The molecule has 2 N–H and O–H groups in total. The van der Waals surface area contributed by atoms with Crippen LogP contribution in [0.4, 0.5) is 0 Å². The highest BCUT2D eigenvalue weighted by atomic mass is 14.9. The van der Waals surface area contributed by atoms with Crippen molar-refractivity contribution in [2.45, 2.75) is 18.9 Å². The molecule has 1 heterocycles. The number of nitrogens with two attached hydrogens (primary N) is 1. The maximum atomic E-state index is 2.47. The lowest BCUT2D eigenvalue weighted by molar-refractivity contribution is -0.676. The molecule has 0 aromatic heterocycles. The predicted molar refractivity (Wildman–Crippen MR) is 62.7 cm³/mol. The summed E-state index contributed by atoms with van der Waals surface area (Å²) >= 11 is 0. The van der Waals surface area contributed by atoms with Crippen LogP contribution in [-0.2, 0) is 0 Å². The van der Waals surface area contributed by atoms with E-state index in [0.29, 0.717) is 6.04 Å². The lowest BCUT2D eigenvalue weighted by Gasteiger charge is -2.10. The smallest absolute Gasteiger partial charge is 0.112 e. The Bertz CT molecular complexity index is 464. The second kappa shape index (κ2) is 3.67. The van der Waals surface area contributed by atoms with Crippen molar-refractivity contribution < 1.29 is 5.32 Å². The molecule has 0 aliphatic carbocycles. The van der Waals surface area contributed by atoms with Gasteiger partial charge in [0.25, 0.3) is 0 Å². The van der Waals surface area contributed by atoms with Gasteiger partial charge >= 0.3 is 0 Å². The van der Waals surface area contributed by atoms with Crippen molar-refractivity contribution in [2.75, 3.05) is 6.54 Å². The summed E-state index contributed by atoms with van der Waals surface area (Å²) in [6, 6.07) is 16.1. The van der Waals surface area contributed by atoms with E-state index in [1.165, 1.54) is 35.7 Å². The Morgan fingerprint density at radius 3 is 2.73 bits per heavy atom. The number of benzene rings is 2. The normalized spacial score (nSPS) is 20.9. The predicted octanol–water partition coefficient (Wildman–Crippen LogP) is 2.24. The van der Waals surface area contributed by atoms with E-state index in [9.17, 15) is 0 Å². The molecule has 2 aromatic rings. The molecule has 1 aliphatic rings. The summed E-state index contributed by atoms with van der Waals surface area (Å²) in [6.45, 7) is 1.29. The molecule has 0 unspecified atom stereocenters. The third-order valence-corrected chi connectivity index (χ3v) is 3.39. The quantitative estimate of drug-likeness (QED) is 0.723. The Labute approximate surface area is 90.1 Å². The summed E-state index contributed by atoms with van der Waals surface area (Å²) in [5.74, 6) is 0. The first kappa shape index (κ1) is 8.93. The molecular formula is C14H16N+. The number of hydrogen-bond acceptors (Lipinski definition) is 0. The van der Waals surface area contributed by atoms with Crippen LogP contribution in [0.3, 0.4) is 0 Å². The molecule has 0 radical (unpaired) electrons. The second-order valence-corrected chi connectivity index (χ2v) is 4.34. The highest BCUT2D eigenvalue weighted by molar-refractivity contribution is 5.85. The van der Waals surface area contributed by atoms with Gasteiger partial charge in [-0.3, -0.25) is 0 Å². The third kappa shape index (κ3) is 1.53. The fraction of sp³-hybridized carbons (Fsp3) is 0.286. The molecule has 0 spiro atoms. The van der Waals surface area contributed by atoms with Crippen molar-refractivity contribution in [1.82, 2.24) is 0 Å². The van der Waals surface area contributed by atoms with E-state index in [1.807, 2.05) is 0 Å². The van der Waals surface area contributed by atoms with Gasteiger partial charge < -0.3 is 5.32 Å². The number of fused-ring (bicyclic) bond motifs is 1. The molecule has 3 rings (SSSR count). The minimum atomic E-state index is 0.691. The van der Waals surface area contributed by atoms with Gasteiger partial charge in [0.2, 0.25) is 0 Å². The van der Waals surface area contributed by atoms with E-state index in [4.69, 9.17) is 0 Å². The molecule has 1 saturated heterocycles. The summed E-state index contributed by atoms with van der Waals surface area (Å²) in [6.07, 6.45) is 2.68. The largest absolute Gasteiger partial charge is 0.340 e. The van der Waals surface area contributed by atoms with Crippen LogP contribution in [0.1, 0.15) is 24.4 Å². The molecule has 1 heteroatoms. The number of rotatable bonds is 1. The van der Waals surface area contributed by atoms with Crippen LogP contribution >= 0.6 is 0 Å². The fourth-order valence-electron chi connectivity index (χ4n) is 2.63. The average Bonchev–Trinajstić information content (AvgIpc) is 2.82. The Morgan fingerprint density at radius 1 is 1.00 bits per heavy atom. The molecular weight excluding hydrogens is 182 g/mol. The van der Waals surface area contributed by atoms with Gasteiger partial charge in [-0.25, -0.2) is 0 Å². The van der Waals surface area contributed by atoms with E-state index in [-0.39, 0.29) is 0 Å². The molecule has 0 amide bonds. The van der Waals surface area contributed by atoms with Crippen LogP contribution in [0.15, 0.2) is 42.5 Å². The van der Waals surface area contributed by atoms with Gasteiger partial charge in [0, 0.05) is 18.4 Å². The van der Waals surface area contributed by atoms with E-state index in [2.05, 4.69) is 47.8 Å². The van der Waals surface area contributed by atoms with Gasteiger partial charge in [-0.1, -0.05) is 42.5 Å². The molecule has 1 atom stereocenters. The minimum Gasteiger partial charge on any atom is -0.340 e.